The van der Waals surface area contributed by atoms with Crippen molar-refractivity contribution in [1.29, 1.82) is 0 Å². The maximum absolute atomic E-state index is 6.09. The van der Waals surface area contributed by atoms with Gasteiger partial charge in [-0.3, -0.25) is 4.98 Å². The van der Waals surface area contributed by atoms with Gasteiger partial charge in [-0.1, -0.05) is 25.1 Å². The molecular weight excluding hydrogens is 210 g/mol. The Balaban J connectivity index is 2.06. The van der Waals surface area contributed by atoms with E-state index in [1.54, 1.807) is 0 Å². The van der Waals surface area contributed by atoms with Crippen molar-refractivity contribution in [1.82, 2.24) is 4.98 Å². The summed E-state index contributed by atoms with van der Waals surface area (Å²) in [4.78, 5) is 6.77. The first kappa shape index (κ1) is 10.5. The lowest BCUT2D eigenvalue weighted by Gasteiger charge is -2.19. The van der Waals surface area contributed by atoms with E-state index in [4.69, 9.17) is 5.73 Å². The number of fused-ring (bicyclic) bond motifs is 1. The highest BCUT2D eigenvalue weighted by atomic mass is 15.2. The molecule has 0 amide bonds. The van der Waals surface area contributed by atoms with Gasteiger partial charge in [-0.15, -0.1) is 0 Å². The van der Waals surface area contributed by atoms with Gasteiger partial charge in [0.2, 0.25) is 0 Å². The van der Waals surface area contributed by atoms with E-state index in [0.29, 0.717) is 5.92 Å². The van der Waals surface area contributed by atoms with E-state index in [1.165, 1.54) is 11.1 Å². The molecule has 1 aliphatic rings. The van der Waals surface area contributed by atoms with Crippen LogP contribution in [0.3, 0.4) is 0 Å². The summed E-state index contributed by atoms with van der Waals surface area (Å²) in [6, 6.07) is 10.6. The summed E-state index contributed by atoms with van der Waals surface area (Å²) in [6.45, 7) is 4.19. The molecular formula is C14H17N3. The summed E-state index contributed by atoms with van der Waals surface area (Å²) in [5, 5.41) is 1.22. The fraction of sp³-hybridized carbons (Fsp3) is 0.357. The third-order valence-electron chi connectivity index (χ3n) is 3.64. The number of benzene rings is 1. The molecule has 2 N–H and O–H groups in total. The molecule has 3 nitrogen and oxygen atoms in total. The van der Waals surface area contributed by atoms with Crippen LogP contribution in [-0.4, -0.2) is 24.1 Å². The molecule has 2 aromatic rings. The van der Waals surface area contributed by atoms with Crippen molar-refractivity contribution in [3.8, 4) is 0 Å². The van der Waals surface area contributed by atoms with Gasteiger partial charge in [-0.05, 0) is 18.1 Å². The highest BCUT2D eigenvalue weighted by Crippen LogP contribution is 2.29. The summed E-state index contributed by atoms with van der Waals surface area (Å²) < 4.78 is 0. The van der Waals surface area contributed by atoms with Crippen LogP contribution >= 0.6 is 0 Å². The number of nitrogens with two attached hydrogens (primary N) is 1. The van der Waals surface area contributed by atoms with Gasteiger partial charge in [0.25, 0.3) is 0 Å². The van der Waals surface area contributed by atoms with Crippen LogP contribution in [0.25, 0.3) is 10.9 Å². The van der Waals surface area contributed by atoms with Crippen LogP contribution in [0.15, 0.2) is 36.5 Å². The van der Waals surface area contributed by atoms with Crippen molar-refractivity contribution in [3.05, 3.63) is 36.5 Å². The van der Waals surface area contributed by atoms with Gasteiger partial charge in [0, 0.05) is 36.4 Å². The lowest BCUT2D eigenvalue weighted by Crippen LogP contribution is -2.28. The normalized spacial score (nSPS) is 24.5. The Bertz CT molecular complexity index is 522. The second-order valence-corrected chi connectivity index (χ2v) is 4.89. The first-order valence-corrected chi connectivity index (χ1v) is 6.10. The first-order chi connectivity index (χ1) is 8.25. The molecule has 3 heteroatoms. The molecule has 17 heavy (non-hydrogen) atoms. The van der Waals surface area contributed by atoms with Crippen LogP contribution in [0.2, 0.25) is 0 Å². The van der Waals surface area contributed by atoms with Crippen molar-refractivity contribution >= 4 is 16.6 Å². The Labute approximate surface area is 101 Å². The van der Waals surface area contributed by atoms with E-state index < -0.39 is 0 Å². The minimum atomic E-state index is 0.280. The topological polar surface area (TPSA) is 42.2 Å². The number of anilines is 1. The van der Waals surface area contributed by atoms with Crippen LogP contribution in [0, 0.1) is 5.92 Å². The third kappa shape index (κ3) is 1.76. The molecule has 1 fully saturated rings. The molecule has 3 rings (SSSR count). The first-order valence-electron chi connectivity index (χ1n) is 6.10. The molecule has 1 aliphatic heterocycles. The molecule has 0 radical (unpaired) electrons. The zero-order valence-corrected chi connectivity index (χ0v) is 10.0. The van der Waals surface area contributed by atoms with Gasteiger partial charge < -0.3 is 10.6 Å². The fourth-order valence-corrected chi connectivity index (χ4v) is 2.55. The molecule has 2 unspecified atom stereocenters. The summed E-state index contributed by atoms with van der Waals surface area (Å²) in [5.41, 5.74) is 8.41. The number of para-hydroxylation sites is 1. The predicted molar refractivity (Wildman–Crippen MR) is 71.1 cm³/mol. The fourth-order valence-electron chi connectivity index (χ4n) is 2.55. The summed E-state index contributed by atoms with van der Waals surface area (Å²) in [7, 11) is 0. The zero-order valence-electron chi connectivity index (χ0n) is 10.0. The molecule has 1 saturated heterocycles. The Morgan fingerprint density at radius 1 is 1.24 bits per heavy atom. The average Bonchev–Trinajstić information content (AvgIpc) is 2.69. The van der Waals surface area contributed by atoms with Crippen LogP contribution < -0.4 is 10.6 Å². The second-order valence-electron chi connectivity index (χ2n) is 4.89. The Kier molecular flexibility index (Phi) is 2.48. The molecule has 1 aromatic heterocycles. The lowest BCUT2D eigenvalue weighted by atomic mass is 10.1. The maximum atomic E-state index is 6.09. The summed E-state index contributed by atoms with van der Waals surface area (Å²) in [6.07, 6.45) is 1.88. The van der Waals surface area contributed by atoms with Crippen molar-refractivity contribution in [2.24, 2.45) is 11.7 Å². The van der Waals surface area contributed by atoms with Gasteiger partial charge in [0.1, 0.15) is 0 Å². The molecule has 0 aliphatic carbocycles. The zero-order chi connectivity index (χ0) is 11.8. The van der Waals surface area contributed by atoms with E-state index in [-0.39, 0.29) is 6.04 Å². The molecule has 0 bridgehead atoms. The number of hydrogen-bond donors (Lipinski definition) is 1. The maximum Gasteiger partial charge on any atom is 0.0722 e. The molecule has 2 atom stereocenters. The Morgan fingerprint density at radius 3 is 2.82 bits per heavy atom. The van der Waals surface area contributed by atoms with E-state index in [1.807, 2.05) is 12.3 Å². The Hall–Kier alpha value is -1.61. The molecule has 88 valence electrons. The van der Waals surface area contributed by atoms with Crippen LogP contribution in [0.5, 0.6) is 0 Å². The SMILES string of the molecule is CC1CN(c2ccnc3ccccc23)CC1N. The number of aromatic nitrogens is 1. The van der Waals surface area contributed by atoms with Gasteiger partial charge in [0.05, 0.1) is 5.52 Å². The smallest absolute Gasteiger partial charge is 0.0722 e. The number of nitrogens with zero attached hydrogens (tertiary/aromatic N) is 2. The molecule has 1 aromatic carbocycles. The minimum Gasteiger partial charge on any atom is -0.369 e. The quantitative estimate of drug-likeness (QED) is 0.810. The van der Waals surface area contributed by atoms with Gasteiger partial charge in [-0.2, -0.15) is 0 Å². The molecule has 0 spiro atoms. The van der Waals surface area contributed by atoms with Crippen molar-refractivity contribution in [2.45, 2.75) is 13.0 Å². The van der Waals surface area contributed by atoms with E-state index in [0.717, 1.165) is 18.6 Å². The van der Waals surface area contributed by atoms with E-state index in [9.17, 15) is 0 Å². The second kappa shape index (κ2) is 4.00. The van der Waals surface area contributed by atoms with Crippen LogP contribution in [0.4, 0.5) is 5.69 Å². The summed E-state index contributed by atoms with van der Waals surface area (Å²) >= 11 is 0. The van der Waals surface area contributed by atoms with E-state index in [2.05, 4.69) is 41.1 Å². The number of hydrogen-bond acceptors (Lipinski definition) is 3. The van der Waals surface area contributed by atoms with Crippen LogP contribution in [0.1, 0.15) is 6.92 Å². The van der Waals surface area contributed by atoms with E-state index >= 15 is 0 Å². The highest BCUT2D eigenvalue weighted by Gasteiger charge is 2.27. The predicted octanol–water partition coefficient (Wildman–Crippen LogP) is 2.02. The monoisotopic (exact) mass is 227 g/mol. The summed E-state index contributed by atoms with van der Waals surface area (Å²) in [5.74, 6) is 0.557. The van der Waals surface area contributed by atoms with Crippen LogP contribution in [-0.2, 0) is 0 Å². The van der Waals surface area contributed by atoms with Gasteiger partial charge in [-0.25, -0.2) is 0 Å². The standard InChI is InChI=1S/C14H17N3/c1-10-8-17(9-12(10)15)14-6-7-16-13-5-3-2-4-11(13)14/h2-7,10,12H,8-9,15H2,1H3. The average molecular weight is 227 g/mol. The number of rotatable bonds is 1. The third-order valence-corrected chi connectivity index (χ3v) is 3.64. The van der Waals surface area contributed by atoms with Gasteiger partial charge >= 0.3 is 0 Å². The molecule has 0 saturated carbocycles. The van der Waals surface area contributed by atoms with Crippen molar-refractivity contribution in [2.75, 3.05) is 18.0 Å². The Morgan fingerprint density at radius 2 is 2.06 bits per heavy atom. The van der Waals surface area contributed by atoms with Crippen molar-refractivity contribution in [3.63, 3.8) is 0 Å². The van der Waals surface area contributed by atoms with Crippen molar-refractivity contribution < 1.29 is 0 Å². The van der Waals surface area contributed by atoms with Gasteiger partial charge in [0.15, 0.2) is 0 Å². The number of pyridine rings is 1. The molecule has 2 heterocycles. The minimum absolute atomic E-state index is 0.280. The highest BCUT2D eigenvalue weighted by molar-refractivity contribution is 5.91. The lowest BCUT2D eigenvalue weighted by molar-refractivity contribution is 0.566. The largest absolute Gasteiger partial charge is 0.369 e.